The summed E-state index contributed by atoms with van der Waals surface area (Å²) in [5.74, 6) is -7.61. The van der Waals surface area contributed by atoms with E-state index < -0.39 is 64.3 Å². The number of rotatable bonds is 14. The fourth-order valence-electron chi connectivity index (χ4n) is 6.80. The molecule has 0 radical (unpaired) electrons. The van der Waals surface area contributed by atoms with Crippen molar-refractivity contribution < 1.29 is 45.0 Å². The van der Waals surface area contributed by atoms with Crippen LogP contribution in [0.4, 0.5) is 35.1 Å². The molecule has 4 aromatic heterocycles. The zero-order valence-electron chi connectivity index (χ0n) is 37.3. The van der Waals surface area contributed by atoms with E-state index in [9.17, 15) is 40.2 Å². The number of benzene rings is 4. The molecular weight excluding hydrogens is 1010 g/mol. The Morgan fingerprint density at radius 3 is 1.35 bits per heavy atom. The molecule has 2 atom stereocenters. The van der Waals surface area contributed by atoms with Gasteiger partial charge < -0.3 is 9.84 Å². The van der Waals surface area contributed by atoms with Gasteiger partial charge in [0.2, 0.25) is 0 Å². The van der Waals surface area contributed by atoms with Gasteiger partial charge in [-0.1, -0.05) is 39.5 Å². The maximum absolute atomic E-state index is 14.2. The van der Waals surface area contributed by atoms with Crippen molar-refractivity contribution in [1.29, 1.82) is 0 Å². The Morgan fingerprint density at radius 2 is 0.942 bits per heavy atom. The van der Waals surface area contributed by atoms with Crippen molar-refractivity contribution in [3.63, 3.8) is 0 Å². The average Bonchev–Trinajstić information content (AvgIpc) is 3.87. The van der Waals surface area contributed by atoms with Gasteiger partial charge in [-0.15, -0.1) is 0 Å². The van der Waals surface area contributed by atoms with Gasteiger partial charge >= 0.3 is 0 Å². The van der Waals surface area contributed by atoms with E-state index in [4.69, 9.17) is 4.74 Å². The highest BCUT2D eigenvalue weighted by Crippen LogP contribution is 2.35. The fraction of sp³-hybridized carbons (Fsp3) is 0.200. The Morgan fingerprint density at radius 1 is 0.551 bits per heavy atom. The monoisotopic (exact) mass is 1050 g/mol. The second-order valence-corrected chi connectivity index (χ2v) is 17.5. The van der Waals surface area contributed by atoms with E-state index in [1.807, 2.05) is 31.2 Å². The fourth-order valence-corrected chi connectivity index (χ4v) is 9.32. The first kappa shape index (κ1) is 52.5. The van der Waals surface area contributed by atoms with Crippen molar-refractivity contribution in [3.05, 3.63) is 213 Å². The summed E-state index contributed by atoms with van der Waals surface area (Å²) in [7, 11) is 0. The predicted octanol–water partition coefficient (Wildman–Crippen LogP) is 13.8. The molecule has 0 aliphatic heterocycles. The number of hydrogen-bond acceptors (Lipinski definition) is 8. The molecule has 19 heteroatoms. The second-order valence-electron chi connectivity index (χ2n) is 15.0. The molecule has 0 spiro atoms. The number of hydrogen-bond donors (Lipinski definition) is 1. The summed E-state index contributed by atoms with van der Waals surface area (Å²) in [4.78, 5) is 16.8. The number of aromatic nitrogens is 6. The Labute approximate surface area is 410 Å². The summed E-state index contributed by atoms with van der Waals surface area (Å²) in [6, 6.07) is 22.2. The number of alkyl halides is 1. The molecule has 0 amide bonds. The molecular formula is C50H43BrF8N6O2S2. The first-order valence-corrected chi connectivity index (χ1v) is 24.0. The molecule has 4 aromatic carbocycles. The van der Waals surface area contributed by atoms with Gasteiger partial charge in [-0.2, -0.15) is 0 Å². The van der Waals surface area contributed by atoms with Crippen LogP contribution in [0.3, 0.4) is 0 Å². The zero-order chi connectivity index (χ0) is 49.8. The highest BCUT2D eigenvalue weighted by molar-refractivity contribution is 9.08. The van der Waals surface area contributed by atoms with Crippen molar-refractivity contribution in [1.82, 2.24) is 29.1 Å². The van der Waals surface area contributed by atoms with E-state index in [-0.39, 0.29) is 17.1 Å². The number of ether oxygens (including phenoxy) is 1. The number of aliphatic hydroxyl groups excluding tert-OH is 1. The minimum absolute atomic E-state index is 0.182. The predicted molar refractivity (Wildman–Crippen MR) is 253 cm³/mol. The third-order valence-electron chi connectivity index (χ3n) is 10.2. The summed E-state index contributed by atoms with van der Waals surface area (Å²) in [6.07, 6.45) is 5.64. The molecule has 1 N–H and O–H groups in total. The van der Waals surface area contributed by atoms with E-state index in [1.54, 1.807) is 66.8 Å². The standard InChI is InChI=1S/C25H21F4N3OS.C19H16F4N2OS.C6H6BrN/c1-15-24(16(2)33-13-17-9-11-30-12-10-17)32(19-5-3-18(26)4-6-19)25(31-15)34-14-20-21(27)7-8-22(28)23(20)29;1-10-18(11(2)26)25(13-5-3-12(20)4-6-13)19(24-10)27-9-14-15(21)7-8-16(22)17(14)23;7-5-6-1-3-8-4-2-6/h3-12,16H,13-14H2,1-2H3;3-8,11,26H,9H2,1-2H3;1-4H,5H2. The SMILES string of the molecule is BrCc1ccncc1.Cc1nc(SCc2c(F)ccc(F)c2F)n(-c2ccc(F)cc2)c1C(C)O.Cc1nc(SCc2c(F)ccc(F)c2F)n(-c2ccc(F)cc2)c1C(C)OCc1ccncc1. The smallest absolute Gasteiger partial charge is 0.173 e. The molecule has 0 bridgehead atoms. The molecule has 69 heavy (non-hydrogen) atoms. The van der Waals surface area contributed by atoms with Crippen LogP contribution in [0.15, 0.2) is 132 Å². The van der Waals surface area contributed by atoms with Gasteiger partial charge in [0, 0.05) is 64.1 Å². The van der Waals surface area contributed by atoms with Gasteiger partial charge in [0.25, 0.3) is 0 Å². The van der Waals surface area contributed by atoms with E-state index in [1.165, 1.54) is 42.0 Å². The lowest BCUT2D eigenvalue weighted by Gasteiger charge is -2.18. The van der Waals surface area contributed by atoms with E-state index in [0.29, 0.717) is 51.1 Å². The van der Waals surface area contributed by atoms with Crippen LogP contribution in [0, 0.1) is 60.4 Å². The van der Waals surface area contributed by atoms with Crippen molar-refractivity contribution in [3.8, 4) is 11.4 Å². The first-order chi connectivity index (χ1) is 33.1. The summed E-state index contributed by atoms with van der Waals surface area (Å²) < 4.78 is 119. The second kappa shape index (κ2) is 24.6. The molecule has 8 rings (SSSR count). The molecule has 8 aromatic rings. The van der Waals surface area contributed by atoms with Crippen LogP contribution in [0.1, 0.15) is 71.1 Å². The number of imidazole rings is 2. The third kappa shape index (κ3) is 13.5. The van der Waals surface area contributed by atoms with E-state index in [0.717, 1.165) is 58.7 Å². The lowest BCUT2D eigenvalue weighted by Crippen LogP contribution is -2.10. The van der Waals surface area contributed by atoms with Crippen LogP contribution in [-0.2, 0) is 28.2 Å². The Balaban J connectivity index is 0.000000199. The number of thioether (sulfide) groups is 2. The van der Waals surface area contributed by atoms with Crippen LogP contribution in [-0.4, -0.2) is 34.2 Å². The summed E-state index contributed by atoms with van der Waals surface area (Å²) in [5, 5.41) is 11.8. The van der Waals surface area contributed by atoms with Crippen LogP contribution < -0.4 is 0 Å². The number of nitrogens with zero attached hydrogens (tertiary/aromatic N) is 6. The largest absolute Gasteiger partial charge is 0.387 e. The van der Waals surface area contributed by atoms with Crippen molar-refractivity contribution in [2.75, 3.05) is 0 Å². The molecule has 0 saturated carbocycles. The molecule has 8 nitrogen and oxygen atoms in total. The highest BCUT2D eigenvalue weighted by Gasteiger charge is 2.25. The lowest BCUT2D eigenvalue weighted by molar-refractivity contribution is 0.0479. The molecule has 0 fully saturated rings. The Bertz CT molecular complexity index is 2950. The van der Waals surface area contributed by atoms with Gasteiger partial charge in [-0.05, 0) is 136 Å². The third-order valence-corrected chi connectivity index (χ3v) is 12.8. The molecule has 2 unspecified atom stereocenters. The molecule has 0 aliphatic carbocycles. The van der Waals surface area contributed by atoms with Crippen LogP contribution in [0.5, 0.6) is 0 Å². The van der Waals surface area contributed by atoms with Crippen molar-refractivity contribution in [2.24, 2.45) is 0 Å². The van der Waals surface area contributed by atoms with Gasteiger partial charge in [-0.25, -0.2) is 45.1 Å². The topological polar surface area (TPSA) is 90.9 Å². The number of pyridine rings is 2. The van der Waals surface area contributed by atoms with Gasteiger partial charge in [0.05, 0.1) is 41.6 Å². The van der Waals surface area contributed by atoms with Crippen LogP contribution >= 0.6 is 39.5 Å². The maximum atomic E-state index is 14.2. The normalized spacial score (nSPS) is 11.9. The van der Waals surface area contributed by atoms with Crippen molar-refractivity contribution >= 4 is 39.5 Å². The van der Waals surface area contributed by atoms with Crippen molar-refractivity contribution in [2.45, 2.75) is 73.7 Å². The maximum Gasteiger partial charge on any atom is 0.173 e. The van der Waals surface area contributed by atoms with E-state index in [2.05, 4.69) is 35.9 Å². The number of aryl methyl sites for hydroxylation is 2. The summed E-state index contributed by atoms with van der Waals surface area (Å²) in [6.45, 7) is 7.25. The minimum atomic E-state index is -1.24. The van der Waals surface area contributed by atoms with E-state index >= 15 is 0 Å². The van der Waals surface area contributed by atoms with Gasteiger partial charge in [-0.3, -0.25) is 19.1 Å². The Hall–Kier alpha value is -5.86. The zero-order valence-corrected chi connectivity index (χ0v) is 40.5. The Kier molecular flexibility index (Phi) is 18.7. The van der Waals surface area contributed by atoms with Crippen LogP contribution in [0.25, 0.3) is 11.4 Å². The quantitative estimate of drug-likeness (QED) is 0.0498. The average molecular weight is 1060 g/mol. The number of halogens is 9. The minimum Gasteiger partial charge on any atom is -0.387 e. The molecule has 0 aliphatic rings. The number of aliphatic hydroxyl groups is 1. The van der Waals surface area contributed by atoms with Crippen LogP contribution in [0.2, 0.25) is 0 Å². The molecule has 0 saturated heterocycles. The lowest BCUT2D eigenvalue weighted by atomic mass is 10.2. The van der Waals surface area contributed by atoms with Gasteiger partial charge in [0.1, 0.15) is 23.3 Å². The molecule has 4 heterocycles. The summed E-state index contributed by atoms with van der Waals surface area (Å²) >= 11 is 5.37. The highest BCUT2D eigenvalue weighted by atomic mass is 79.9. The van der Waals surface area contributed by atoms with Gasteiger partial charge in [0.15, 0.2) is 33.6 Å². The summed E-state index contributed by atoms with van der Waals surface area (Å²) in [5.41, 5.74) is 4.94. The molecule has 360 valence electrons. The first-order valence-electron chi connectivity index (χ1n) is 20.9.